The van der Waals surface area contributed by atoms with E-state index in [-0.39, 0.29) is 36.2 Å². The van der Waals surface area contributed by atoms with Crippen LogP contribution in [0.2, 0.25) is 0 Å². The standard InChI is InChI=1S/C28H38N4O4/c1-4-7-20(3)29-28(35)22-8-6-17-32(18-22)19-26(33)30-23-11-9-21(10-12-23)27(34)31-24-13-15-25(16-14-24)36-5-2/h9-16,20,22H,4-8,17-19H2,1-3H3,(H,29,35)(H,30,33)(H,31,34). The minimum Gasteiger partial charge on any atom is -0.494 e. The molecule has 1 saturated heterocycles. The Morgan fingerprint density at radius 2 is 1.67 bits per heavy atom. The van der Waals surface area contributed by atoms with Crippen LogP contribution < -0.4 is 20.7 Å². The van der Waals surface area contributed by atoms with E-state index >= 15 is 0 Å². The minimum absolute atomic E-state index is 0.0835. The molecular weight excluding hydrogens is 456 g/mol. The number of carbonyl (C=O) groups excluding carboxylic acids is 3. The fourth-order valence-electron chi connectivity index (χ4n) is 4.39. The molecule has 2 unspecified atom stereocenters. The summed E-state index contributed by atoms with van der Waals surface area (Å²) < 4.78 is 5.41. The maximum atomic E-state index is 12.6. The molecule has 1 aliphatic rings. The quantitative estimate of drug-likeness (QED) is 0.433. The van der Waals surface area contributed by atoms with Gasteiger partial charge in [0.05, 0.1) is 19.1 Å². The lowest BCUT2D eigenvalue weighted by Gasteiger charge is -2.32. The van der Waals surface area contributed by atoms with Crippen molar-refractivity contribution in [3.05, 3.63) is 54.1 Å². The number of nitrogens with one attached hydrogen (secondary N) is 3. The van der Waals surface area contributed by atoms with E-state index in [1.165, 1.54) is 0 Å². The molecule has 0 saturated carbocycles. The second kappa shape index (κ2) is 13.6. The van der Waals surface area contributed by atoms with Crippen molar-refractivity contribution in [1.29, 1.82) is 0 Å². The molecule has 36 heavy (non-hydrogen) atoms. The van der Waals surface area contributed by atoms with Crippen molar-refractivity contribution in [3.63, 3.8) is 0 Å². The lowest BCUT2D eigenvalue weighted by molar-refractivity contribution is -0.128. The number of likely N-dealkylation sites (tertiary alicyclic amines) is 1. The maximum Gasteiger partial charge on any atom is 0.255 e. The van der Waals surface area contributed by atoms with Gasteiger partial charge in [-0.1, -0.05) is 13.3 Å². The van der Waals surface area contributed by atoms with Crippen LogP contribution in [0.1, 0.15) is 56.8 Å². The van der Waals surface area contributed by atoms with Crippen LogP contribution in [0.4, 0.5) is 11.4 Å². The number of ether oxygens (including phenoxy) is 1. The molecule has 2 aromatic carbocycles. The molecule has 0 radical (unpaired) electrons. The smallest absolute Gasteiger partial charge is 0.255 e. The second-order valence-electron chi connectivity index (χ2n) is 9.31. The third kappa shape index (κ3) is 8.37. The summed E-state index contributed by atoms with van der Waals surface area (Å²) in [4.78, 5) is 39.8. The highest BCUT2D eigenvalue weighted by Crippen LogP contribution is 2.19. The first-order chi connectivity index (χ1) is 17.4. The van der Waals surface area contributed by atoms with Crippen LogP contribution in [0.3, 0.4) is 0 Å². The fraction of sp³-hybridized carbons (Fsp3) is 0.464. The van der Waals surface area contributed by atoms with Crippen molar-refractivity contribution < 1.29 is 19.1 Å². The highest BCUT2D eigenvalue weighted by atomic mass is 16.5. The van der Waals surface area contributed by atoms with Gasteiger partial charge in [-0.2, -0.15) is 0 Å². The van der Waals surface area contributed by atoms with Crippen molar-refractivity contribution in [1.82, 2.24) is 10.2 Å². The monoisotopic (exact) mass is 494 g/mol. The molecule has 194 valence electrons. The Morgan fingerprint density at radius 1 is 1.00 bits per heavy atom. The Kier molecular flexibility index (Phi) is 10.3. The summed E-state index contributed by atoms with van der Waals surface area (Å²) >= 11 is 0. The lowest BCUT2D eigenvalue weighted by Crippen LogP contribution is -2.47. The lowest BCUT2D eigenvalue weighted by atomic mass is 9.96. The average Bonchev–Trinajstić information content (AvgIpc) is 2.86. The summed E-state index contributed by atoms with van der Waals surface area (Å²) in [5.74, 6) is 0.379. The topological polar surface area (TPSA) is 99.8 Å². The number of piperidine rings is 1. The van der Waals surface area contributed by atoms with Gasteiger partial charge in [0.1, 0.15) is 5.75 Å². The molecule has 8 nitrogen and oxygen atoms in total. The summed E-state index contributed by atoms with van der Waals surface area (Å²) in [6, 6.07) is 14.2. The van der Waals surface area contributed by atoms with Crippen LogP contribution in [0, 0.1) is 5.92 Å². The molecule has 1 aliphatic heterocycles. The number of benzene rings is 2. The molecular formula is C28H38N4O4. The van der Waals surface area contributed by atoms with Crippen molar-refractivity contribution in [2.75, 3.05) is 36.9 Å². The molecule has 0 aromatic heterocycles. The zero-order valence-corrected chi connectivity index (χ0v) is 21.5. The average molecular weight is 495 g/mol. The first kappa shape index (κ1) is 27.2. The summed E-state index contributed by atoms with van der Waals surface area (Å²) in [6.45, 7) is 8.26. The Hall–Kier alpha value is -3.39. The minimum atomic E-state index is -0.233. The zero-order chi connectivity index (χ0) is 25.9. The highest BCUT2D eigenvalue weighted by Gasteiger charge is 2.27. The van der Waals surface area contributed by atoms with Gasteiger partial charge >= 0.3 is 0 Å². The SMILES string of the molecule is CCCC(C)NC(=O)C1CCCN(CC(=O)Nc2ccc(C(=O)Nc3ccc(OCC)cc3)cc2)C1. The van der Waals surface area contributed by atoms with E-state index in [0.717, 1.165) is 38.0 Å². The van der Waals surface area contributed by atoms with Crippen molar-refractivity contribution in [2.45, 2.75) is 52.5 Å². The van der Waals surface area contributed by atoms with E-state index in [4.69, 9.17) is 4.74 Å². The van der Waals surface area contributed by atoms with Gasteiger partial charge < -0.3 is 20.7 Å². The Morgan fingerprint density at radius 3 is 2.33 bits per heavy atom. The molecule has 3 amide bonds. The Bertz CT molecular complexity index is 1010. The van der Waals surface area contributed by atoms with E-state index in [2.05, 4.69) is 22.9 Å². The predicted molar refractivity (Wildman–Crippen MR) is 142 cm³/mol. The predicted octanol–water partition coefficient (Wildman–Crippen LogP) is 4.29. The highest BCUT2D eigenvalue weighted by molar-refractivity contribution is 6.04. The molecule has 3 rings (SSSR count). The van der Waals surface area contributed by atoms with Crippen molar-refractivity contribution in [2.24, 2.45) is 5.92 Å². The van der Waals surface area contributed by atoms with Crippen LogP contribution in [0.15, 0.2) is 48.5 Å². The Balaban J connectivity index is 1.46. The van der Waals surface area contributed by atoms with Gasteiger partial charge in [0.25, 0.3) is 5.91 Å². The van der Waals surface area contributed by atoms with Crippen molar-refractivity contribution in [3.8, 4) is 5.75 Å². The number of nitrogens with zero attached hydrogens (tertiary/aromatic N) is 1. The third-order valence-corrected chi connectivity index (χ3v) is 6.21. The van der Waals surface area contributed by atoms with E-state index in [1.807, 2.05) is 30.9 Å². The number of hydrogen-bond donors (Lipinski definition) is 3. The van der Waals surface area contributed by atoms with Crippen LogP contribution >= 0.6 is 0 Å². The molecule has 0 aliphatic carbocycles. The van der Waals surface area contributed by atoms with Crippen LogP contribution in [0.5, 0.6) is 5.75 Å². The number of rotatable bonds is 11. The molecule has 1 fully saturated rings. The van der Waals surface area contributed by atoms with E-state index in [1.54, 1.807) is 36.4 Å². The molecule has 2 aromatic rings. The first-order valence-electron chi connectivity index (χ1n) is 12.8. The largest absolute Gasteiger partial charge is 0.494 e. The van der Waals surface area contributed by atoms with E-state index < -0.39 is 0 Å². The molecule has 0 spiro atoms. The molecule has 0 bridgehead atoms. The third-order valence-electron chi connectivity index (χ3n) is 6.21. The van der Waals surface area contributed by atoms with Crippen LogP contribution in [-0.4, -0.2) is 54.9 Å². The normalized spacial score (nSPS) is 16.6. The summed E-state index contributed by atoms with van der Waals surface area (Å²) in [7, 11) is 0. The number of hydrogen-bond acceptors (Lipinski definition) is 5. The molecule has 1 heterocycles. The molecule has 8 heteroatoms. The fourth-order valence-corrected chi connectivity index (χ4v) is 4.39. The Labute approximate surface area is 213 Å². The first-order valence-corrected chi connectivity index (χ1v) is 12.8. The second-order valence-corrected chi connectivity index (χ2v) is 9.31. The van der Waals surface area contributed by atoms with Crippen LogP contribution in [0.25, 0.3) is 0 Å². The summed E-state index contributed by atoms with van der Waals surface area (Å²) in [5.41, 5.74) is 1.79. The van der Waals surface area contributed by atoms with E-state index in [0.29, 0.717) is 30.1 Å². The van der Waals surface area contributed by atoms with Crippen LogP contribution in [-0.2, 0) is 9.59 Å². The van der Waals surface area contributed by atoms with Gasteiger partial charge in [0.15, 0.2) is 0 Å². The molecule has 2 atom stereocenters. The van der Waals surface area contributed by atoms with Gasteiger partial charge in [-0.3, -0.25) is 19.3 Å². The zero-order valence-electron chi connectivity index (χ0n) is 21.5. The summed E-state index contributed by atoms with van der Waals surface area (Å²) in [5, 5.41) is 8.84. The van der Waals surface area contributed by atoms with E-state index in [9.17, 15) is 14.4 Å². The van der Waals surface area contributed by atoms with Gasteiger partial charge in [-0.15, -0.1) is 0 Å². The number of anilines is 2. The van der Waals surface area contributed by atoms with Gasteiger partial charge in [0, 0.05) is 29.5 Å². The summed E-state index contributed by atoms with van der Waals surface area (Å²) in [6.07, 6.45) is 3.74. The number of amides is 3. The maximum absolute atomic E-state index is 12.6. The molecule has 3 N–H and O–H groups in total. The van der Waals surface area contributed by atoms with Gasteiger partial charge in [-0.25, -0.2) is 0 Å². The van der Waals surface area contributed by atoms with Gasteiger partial charge in [-0.05, 0) is 88.2 Å². The van der Waals surface area contributed by atoms with Gasteiger partial charge in [0.2, 0.25) is 11.8 Å². The number of carbonyl (C=O) groups is 3. The van der Waals surface area contributed by atoms with Crippen molar-refractivity contribution >= 4 is 29.1 Å².